The highest BCUT2D eigenvalue weighted by Gasteiger charge is 2.69. The lowest BCUT2D eigenvalue weighted by atomic mass is 9.37. The molecule has 7 heteroatoms. The third-order valence-electron chi connectivity index (χ3n) is 9.81. The Bertz CT molecular complexity index is 1370. The van der Waals surface area contributed by atoms with E-state index in [4.69, 9.17) is 28.3 Å². The van der Waals surface area contributed by atoms with Gasteiger partial charge in [-0.2, -0.15) is 12.6 Å². The van der Waals surface area contributed by atoms with Crippen molar-refractivity contribution in [1.29, 1.82) is 0 Å². The van der Waals surface area contributed by atoms with Gasteiger partial charge >= 0.3 is 0 Å². The van der Waals surface area contributed by atoms with E-state index in [1.807, 2.05) is 32.3 Å². The topological polar surface area (TPSA) is 46.9 Å². The number of aromatic nitrogens is 2. The van der Waals surface area contributed by atoms with Crippen molar-refractivity contribution in [2.75, 3.05) is 0 Å². The molecule has 4 atom stereocenters. The minimum atomic E-state index is -0.670. The second-order valence-corrected chi connectivity index (χ2v) is 13.2. The van der Waals surface area contributed by atoms with Gasteiger partial charge in [-0.25, -0.2) is 4.98 Å². The molecule has 0 saturated heterocycles. The lowest BCUT2D eigenvalue weighted by Gasteiger charge is -2.71. The molecule has 4 saturated carbocycles. The van der Waals surface area contributed by atoms with Gasteiger partial charge in [0.1, 0.15) is 7.85 Å². The van der Waals surface area contributed by atoms with Gasteiger partial charge in [0.2, 0.25) is 5.91 Å². The first-order chi connectivity index (χ1) is 16.9. The maximum absolute atomic E-state index is 13.5. The first-order valence-electron chi connectivity index (χ1n) is 13.0. The number of carbonyl (C=O) groups excluding carboxylic acids is 1. The van der Waals surface area contributed by atoms with Gasteiger partial charge < -0.3 is 9.88 Å². The SMILES string of the molecule is [B]c1cc2c(cc1C)ncn2C1(S)CC(C)C([B])(C(C)C(=O)NC23CC(c4ccc(C)cc4)(C2)C3)C1. The van der Waals surface area contributed by atoms with E-state index in [-0.39, 0.29) is 28.7 Å². The van der Waals surface area contributed by atoms with Crippen LogP contribution < -0.4 is 10.8 Å². The number of benzene rings is 2. The fourth-order valence-electron chi connectivity index (χ4n) is 7.44. The number of fused-ring (bicyclic) bond motifs is 1. The van der Waals surface area contributed by atoms with Crippen molar-refractivity contribution in [3.8, 4) is 0 Å². The van der Waals surface area contributed by atoms with E-state index in [0.29, 0.717) is 6.42 Å². The molecule has 4 aliphatic carbocycles. The Morgan fingerprint density at radius 3 is 2.50 bits per heavy atom. The molecule has 4 radical (unpaired) electrons. The van der Waals surface area contributed by atoms with E-state index in [9.17, 15) is 4.79 Å². The van der Waals surface area contributed by atoms with Gasteiger partial charge in [-0.05, 0) is 74.9 Å². The molecule has 2 bridgehead atoms. The molecule has 4 aliphatic rings. The average molecular weight is 493 g/mol. The molecule has 1 heterocycles. The lowest BCUT2D eigenvalue weighted by molar-refractivity contribution is -0.142. The summed E-state index contributed by atoms with van der Waals surface area (Å²) < 4.78 is 2.10. The second-order valence-electron chi connectivity index (χ2n) is 12.4. The van der Waals surface area contributed by atoms with E-state index >= 15 is 0 Å². The van der Waals surface area contributed by atoms with Gasteiger partial charge in [-0.15, -0.1) is 0 Å². The summed E-state index contributed by atoms with van der Waals surface area (Å²) in [5, 5.41) is 2.74. The van der Waals surface area contributed by atoms with Crippen molar-refractivity contribution in [3.05, 3.63) is 59.4 Å². The van der Waals surface area contributed by atoms with Gasteiger partial charge in [0.25, 0.3) is 0 Å². The van der Waals surface area contributed by atoms with E-state index in [2.05, 4.69) is 53.0 Å². The molecule has 3 aromatic rings. The minimum absolute atomic E-state index is 0.0643. The number of hydrogen-bond donors (Lipinski definition) is 2. The van der Waals surface area contributed by atoms with Crippen LogP contribution in [-0.2, 0) is 15.1 Å². The Morgan fingerprint density at radius 2 is 1.83 bits per heavy atom. The number of nitrogens with zero attached hydrogens (tertiary/aromatic N) is 2. The highest BCUT2D eigenvalue weighted by atomic mass is 32.1. The van der Waals surface area contributed by atoms with Gasteiger partial charge in [0.05, 0.1) is 30.1 Å². The van der Waals surface area contributed by atoms with Crippen molar-refractivity contribution in [2.45, 2.75) is 80.9 Å². The van der Waals surface area contributed by atoms with Crippen LogP contribution in [0.25, 0.3) is 11.0 Å². The maximum atomic E-state index is 13.5. The minimum Gasteiger partial charge on any atom is -0.350 e. The van der Waals surface area contributed by atoms with Crippen LogP contribution in [0.15, 0.2) is 42.7 Å². The summed E-state index contributed by atoms with van der Waals surface area (Å²) in [6.07, 6.45) is 6.24. The predicted molar refractivity (Wildman–Crippen MR) is 150 cm³/mol. The second kappa shape index (κ2) is 7.69. The van der Waals surface area contributed by atoms with Crippen LogP contribution in [0.1, 0.15) is 62.6 Å². The van der Waals surface area contributed by atoms with Crippen molar-refractivity contribution in [2.24, 2.45) is 11.8 Å². The average Bonchev–Trinajstić information content (AvgIpc) is 3.28. The van der Waals surface area contributed by atoms with Crippen molar-refractivity contribution in [1.82, 2.24) is 14.9 Å². The van der Waals surface area contributed by atoms with Gasteiger partial charge in [0.15, 0.2) is 0 Å². The van der Waals surface area contributed by atoms with Gasteiger partial charge in [0, 0.05) is 16.9 Å². The number of nitrogens with one attached hydrogen (secondary N) is 1. The van der Waals surface area contributed by atoms with Crippen LogP contribution in [0.2, 0.25) is 5.31 Å². The highest BCUT2D eigenvalue weighted by molar-refractivity contribution is 7.81. The number of aryl methyl sites for hydroxylation is 2. The first-order valence-corrected chi connectivity index (χ1v) is 13.5. The van der Waals surface area contributed by atoms with E-state index in [1.165, 1.54) is 11.1 Å². The first kappa shape index (κ1) is 24.2. The zero-order valence-corrected chi connectivity index (χ0v) is 22.5. The van der Waals surface area contributed by atoms with E-state index < -0.39 is 10.2 Å². The molecule has 1 aromatic heterocycles. The van der Waals surface area contributed by atoms with E-state index in [0.717, 1.165) is 47.7 Å². The Balaban J connectivity index is 1.18. The molecule has 4 unspecified atom stereocenters. The van der Waals surface area contributed by atoms with Gasteiger partial charge in [-0.3, -0.25) is 4.79 Å². The van der Waals surface area contributed by atoms with Gasteiger partial charge in [-0.1, -0.05) is 54.7 Å². The van der Waals surface area contributed by atoms with Crippen LogP contribution in [0, 0.1) is 25.7 Å². The highest BCUT2D eigenvalue weighted by Crippen LogP contribution is 2.68. The molecule has 0 spiro atoms. The number of amides is 1. The summed E-state index contributed by atoms with van der Waals surface area (Å²) in [5.74, 6) is -0.148. The monoisotopic (exact) mass is 493 g/mol. The zero-order valence-electron chi connectivity index (χ0n) is 21.6. The summed E-state index contributed by atoms with van der Waals surface area (Å²) in [4.78, 5) is 17.6. The number of hydrogen-bond acceptors (Lipinski definition) is 3. The van der Waals surface area contributed by atoms with E-state index in [1.54, 1.807) is 0 Å². The molecule has 1 N–H and O–H groups in total. The molecule has 2 aromatic carbocycles. The standard InChI is InChI=1S/C29H33B2N3OS/c1-17-5-7-21(8-6-17)26-12-27(13-26,14-26)33-25(35)20(4)29(31)15-28(36,11-19(29)3)34-16-32-23-9-18(2)22(30)10-24(23)34/h5-10,16,19-20,36H,11-15H2,1-4H3,(H,33,35). The summed E-state index contributed by atoms with van der Waals surface area (Å²) in [6, 6.07) is 12.9. The smallest absolute Gasteiger partial charge is 0.223 e. The molecule has 4 fully saturated rings. The molecule has 0 aliphatic heterocycles. The fraction of sp³-hybridized carbons (Fsp3) is 0.517. The molecule has 36 heavy (non-hydrogen) atoms. The van der Waals surface area contributed by atoms with Crippen LogP contribution in [0.4, 0.5) is 0 Å². The summed E-state index contributed by atoms with van der Waals surface area (Å²) >= 11 is 5.16. The Kier molecular flexibility index (Phi) is 5.17. The summed E-state index contributed by atoms with van der Waals surface area (Å²) in [6.45, 7) is 8.24. The quantitative estimate of drug-likeness (QED) is 0.409. The van der Waals surface area contributed by atoms with Crippen LogP contribution in [0.3, 0.4) is 0 Å². The zero-order chi connectivity index (χ0) is 25.7. The predicted octanol–water partition coefficient (Wildman–Crippen LogP) is 4.41. The Labute approximate surface area is 222 Å². The molecular weight excluding hydrogens is 460 g/mol. The number of imidazole rings is 1. The number of thiol groups is 1. The third-order valence-corrected chi connectivity index (χ3v) is 10.4. The van der Waals surface area contributed by atoms with Crippen molar-refractivity contribution in [3.63, 3.8) is 0 Å². The normalized spacial score (nSPS) is 35.8. The molecule has 7 rings (SSSR count). The van der Waals surface area contributed by atoms with Crippen LogP contribution >= 0.6 is 12.6 Å². The molecular formula is C29H33B2N3OS. The third kappa shape index (κ3) is 3.37. The lowest BCUT2D eigenvalue weighted by Crippen LogP contribution is -2.77. The van der Waals surface area contributed by atoms with Crippen LogP contribution in [0.5, 0.6) is 0 Å². The van der Waals surface area contributed by atoms with Crippen molar-refractivity contribution < 1.29 is 4.79 Å². The molecule has 4 nitrogen and oxygen atoms in total. The molecule has 182 valence electrons. The largest absolute Gasteiger partial charge is 0.350 e. The molecule has 1 amide bonds. The van der Waals surface area contributed by atoms with Crippen molar-refractivity contribution >= 4 is 50.7 Å². The van der Waals surface area contributed by atoms with Crippen LogP contribution in [-0.4, -0.2) is 36.7 Å². The summed E-state index contributed by atoms with van der Waals surface area (Å²) in [5.41, 5.74) is 6.46. The number of rotatable bonds is 5. The fourth-order valence-corrected chi connectivity index (χ4v) is 8.14. The maximum Gasteiger partial charge on any atom is 0.223 e. The Hall–Kier alpha value is -2.14. The Morgan fingerprint density at radius 1 is 1.17 bits per heavy atom. The summed E-state index contributed by atoms with van der Waals surface area (Å²) in [7, 11) is 13.3. The number of carbonyl (C=O) groups is 1.